The number of nitrogens with two attached hydrogens (primary N) is 1. The highest BCUT2D eigenvalue weighted by Crippen LogP contribution is 2.25. The molecule has 0 bridgehead atoms. The van der Waals surface area contributed by atoms with Crippen LogP contribution in [0.1, 0.15) is 16.7 Å². The van der Waals surface area contributed by atoms with Gasteiger partial charge in [-0.05, 0) is 37.6 Å². The van der Waals surface area contributed by atoms with E-state index in [-0.39, 0.29) is 0 Å². The molecule has 0 aliphatic heterocycles. The van der Waals surface area contributed by atoms with Crippen LogP contribution in [0.25, 0.3) is 0 Å². The van der Waals surface area contributed by atoms with Crippen LogP contribution < -0.4 is 15.2 Å². The van der Waals surface area contributed by atoms with E-state index in [4.69, 9.17) is 15.2 Å². The smallest absolute Gasteiger partial charge is 0.127 e. The largest absolute Gasteiger partial charge is 0.496 e. The highest BCUT2D eigenvalue weighted by atomic mass is 16.5. The lowest BCUT2D eigenvalue weighted by atomic mass is 10.1. The molecule has 2 N–H and O–H groups in total. The summed E-state index contributed by atoms with van der Waals surface area (Å²) >= 11 is 0. The number of ether oxygens (including phenoxy) is 2. The molecule has 19 heavy (non-hydrogen) atoms. The lowest BCUT2D eigenvalue weighted by Crippen LogP contribution is -2.00. The molecule has 0 amide bonds. The van der Waals surface area contributed by atoms with Crippen LogP contribution in [-0.4, -0.2) is 7.11 Å². The molecule has 0 radical (unpaired) electrons. The van der Waals surface area contributed by atoms with E-state index in [2.05, 4.69) is 13.0 Å². The van der Waals surface area contributed by atoms with Crippen LogP contribution in [0.3, 0.4) is 0 Å². The standard InChI is InChI=1S/C16H19NO2/c1-11-4-7-15(12(2)8-11)19-10-13-5-6-14(17)9-16(13)18-3/h4-9H,10,17H2,1-3H3. The predicted molar refractivity (Wildman–Crippen MR) is 77.7 cm³/mol. The summed E-state index contributed by atoms with van der Waals surface area (Å²) in [5.41, 5.74) is 9.77. The molecule has 3 nitrogen and oxygen atoms in total. The predicted octanol–water partition coefficient (Wildman–Crippen LogP) is 3.47. The lowest BCUT2D eigenvalue weighted by molar-refractivity contribution is 0.295. The van der Waals surface area contributed by atoms with Gasteiger partial charge in [0.05, 0.1) is 7.11 Å². The molecule has 2 aromatic rings. The Bertz CT molecular complexity index is 579. The second-order valence-electron chi connectivity index (χ2n) is 4.63. The van der Waals surface area contributed by atoms with Crippen molar-refractivity contribution in [1.29, 1.82) is 0 Å². The van der Waals surface area contributed by atoms with Crippen LogP contribution >= 0.6 is 0 Å². The SMILES string of the molecule is COc1cc(N)ccc1COc1ccc(C)cc1C. The molecule has 0 unspecified atom stereocenters. The maximum absolute atomic E-state index is 5.84. The Morgan fingerprint density at radius 2 is 1.79 bits per heavy atom. The lowest BCUT2D eigenvalue weighted by Gasteiger charge is -2.12. The van der Waals surface area contributed by atoms with E-state index in [9.17, 15) is 0 Å². The Morgan fingerprint density at radius 3 is 2.47 bits per heavy atom. The Kier molecular flexibility index (Phi) is 3.95. The fourth-order valence-corrected chi connectivity index (χ4v) is 2.00. The highest BCUT2D eigenvalue weighted by molar-refractivity contribution is 5.48. The number of nitrogen functional groups attached to an aromatic ring is 1. The second kappa shape index (κ2) is 5.65. The molecule has 0 aliphatic carbocycles. The zero-order valence-electron chi connectivity index (χ0n) is 11.6. The summed E-state index contributed by atoms with van der Waals surface area (Å²) < 4.78 is 11.1. The molecule has 2 rings (SSSR count). The molecule has 0 saturated heterocycles. The summed E-state index contributed by atoms with van der Waals surface area (Å²) in [6.07, 6.45) is 0. The monoisotopic (exact) mass is 257 g/mol. The van der Waals surface area contributed by atoms with Gasteiger partial charge in [0.15, 0.2) is 0 Å². The molecule has 0 fully saturated rings. The summed E-state index contributed by atoms with van der Waals surface area (Å²) in [7, 11) is 1.63. The quantitative estimate of drug-likeness (QED) is 0.853. The van der Waals surface area contributed by atoms with Gasteiger partial charge in [-0.25, -0.2) is 0 Å². The van der Waals surface area contributed by atoms with Crippen LogP contribution in [0, 0.1) is 13.8 Å². The average molecular weight is 257 g/mol. The van der Waals surface area contributed by atoms with Gasteiger partial charge in [-0.15, -0.1) is 0 Å². The third kappa shape index (κ3) is 3.19. The molecule has 2 aromatic carbocycles. The number of hydrogen-bond acceptors (Lipinski definition) is 3. The molecular formula is C16H19NO2. The Balaban J connectivity index is 2.14. The summed E-state index contributed by atoms with van der Waals surface area (Å²) in [5, 5.41) is 0. The zero-order valence-corrected chi connectivity index (χ0v) is 11.6. The Labute approximate surface area is 114 Å². The molecule has 0 saturated carbocycles. The van der Waals surface area contributed by atoms with Crippen molar-refractivity contribution in [3.63, 3.8) is 0 Å². The van der Waals surface area contributed by atoms with Gasteiger partial charge >= 0.3 is 0 Å². The van der Waals surface area contributed by atoms with Gasteiger partial charge in [-0.3, -0.25) is 0 Å². The first-order chi connectivity index (χ1) is 9.10. The van der Waals surface area contributed by atoms with Crippen molar-refractivity contribution < 1.29 is 9.47 Å². The number of methoxy groups -OCH3 is 1. The molecule has 0 aromatic heterocycles. The minimum atomic E-state index is 0.466. The van der Waals surface area contributed by atoms with Crippen molar-refractivity contribution in [2.45, 2.75) is 20.5 Å². The second-order valence-corrected chi connectivity index (χ2v) is 4.63. The minimum Gasteiger partial charge on any atom is -0.496 e. The van der Waals surface area contributed by atoms with Crippen molar-refractivity contribution in [2.24, 2.45) is 0 Å². The van der Waals surface area contributed by atoms with E-state index in [1.165, 1.54) is 5.56 Å². The van der Waals surface area contributed by atoms with Gasteiger partial charge in [0.2, 0.25) is 0 Å². The number of hydrogen-bond donors (Lipinski definition) is 1. The van der Waals surface area contributed by atoms with E-state index < -0.39 is 0 Å². The molecule has 0 spiro atoms. The summed E-state index contributed by atoms with van der Waals surface area (Å²) in [5.74, 6) is 1.65. The number of aryl methyl sites for hydroxylation is 2. The summed E-state index contributed by atoms with van der Waals surface area (Å²) in [6, 6.07) is 11.7. The Hall–Kier alpha value is -2.16. The molecule has 0 atom stereocenters. The first-order valence-corrected chi connectivity index (χ1v) is 6.22. The molecule has 3 heteroatoms. The normalized spacial score (nSPS) is 10.3. The van der Waals surface area contributed by atoms with Crippen molar-refractivity contribution in [3.8, 4) is 11.5 Å². The number of benzene rings is 2. The third-order valence-electron chi connectivity index (χ3n) is 3.02. The fraction of sp³-hybridized carbons (Fsp3) is 0.250. The van der Waals surface area contributed by atoms with Gasteiger partial charge in [0, 0.05) is 17.3 Å². The van der Waals surface area contributed by atoms with Crippen molar-refractivity contribution in [1.82, 2.24) is 0 Å². The maximum Gasteiger partial charge on any atom is 0.127 e. The van der Waals surface area contributed by atoms with Crippen molar-refractivity contribution in [3.05, 3.63) is 53.1 Å². The number of rotatable bonds is 4. The highest BCUT2D eigenvalue weighted by Gasteiger charge is 2.06. The van der Waals surface area contributed by atoms with Gasteiger partial charge in [0.25, 0.3) is 0 Å². The minimum absolute atomic E-state index is 0.466. The first-order valence-electron chi connectivity index (χ1n) is 6.22. The van der Waals surface area contributed by atoms with Gasteiger partial charge in [-0.2, -0.15) is 0 Å². The molecule has 100 valence electrons. The van der Waals surface area contributed by atoms with E-state index in [0.717, 1.165) is 22.6 Å². The Morgan fingerprint density at radius 1 is 1.00 bits per heavy atom. The molecule has 0 heterocycles. The van der Waals surface area contributed by atoms with Crippen molar-refractivity contribution in [2.75, 3.05) is 12.8 Å². The number of anilines is 1. The van der Waals surface area contributed by atoms with Crippen LogP contribution in [0.4, 0.5) is 5.69 Å². The van der Waals surface area contributed by atoms with Crippen LogP contribution in [0.5, 0.6) is 11.5 Å². The molecule has 0 aliphatic rings. The van der Waals surface area contributed by atoms with Crippen LogP contribution in [0.15, 0.2) is 36.4 Å². The first kappa shape index (κ1) is 13.3. The van der Waals surface area contributed by atoms with Crippen LogP contribution in [0.2, 0.25) is 0 Å². The van der Waals surface area contributed by atoms with E-state index >= 15 is 0 Å². The topological polar surface area (TPSA) is 44.5 Å². The van der Waals surface area contributed by atoms with Gasteiger partial charge in [-0.1, -0.05) is 17.7 Å². The zero-order chi connectivity index (χ0) is 13.8. The van der Waals surface area contributed by atoms with E-state index in [0.29, 0.717) is 12.3 Å². The van der Waals surface area contributed by atoms with Gasteiger partial charge < -0.3 is 15.2 Å². The summed E-state index contributed by atoms with van der Waals surface area (Å²) in [4.78, 5) is 0. The molecular weight excluding hydrogens is 238 g/mol. The maximum atomic E-state index is 5.84. The fourth-order valence-electron chi connectivity index (χ4n) is 2.00. The van der Waals surface area contributed by atoms with E-state index in [1.807, 2.05) is 31.2 Å². The third-order valence-corrected chi connectivity index (χ3v) is 3.02. The van der Waals surface area contributed by atoms with Crippen LogP contribution in [-0.2, 0) is 6.61 Å². The summed E-state index contributed by atoms with van der Waals surface area (Å²) in [6.45, 7) is 4.58. The average Bonchev–Trinajstić information content (AvgIpc) is 2.39. The van der Waals surface area contributed by atoms with Crippen molar-refractivity contribution >= 4 is 5.69 Å². The van der Waals surface area contributed by atoms with Gasteiger partial charge in [0.1, 0.15) is 18.1 Å². The van der Waals surface area contributed by atoms with E-state index in [1.54, 1.807) is 13.2 Å².